The molecule has 0 N–H and O–H groups in total. The zero-order valence-electron chi connectivity index (χ0n) is 33.6. The van der Waals surface area contributed by atoms with Gasteiger partial charge in [-0.3, -0.25) is 0 Å². The summed E-state index contributed by atoms with van der Waals surface area (Å²) < 4.78 is 11.1. The fourth-order valence-electron chi connectivity index (χ4n) is 9.96. The van der Waals surface area contributed by atoms with E-state index in [9.17, 15) is 0 Å². The third-order valence-corrected chi connectivity index (χ3v) is 12.7. The first-order valence-electron chi connectivity index (χ1n) is 21.2. The average molecular weight is 792 g/mol. The molecule has 0 atom stereocenters. The summed E-state index contributed by atoms with van der Waals surface area (Å²) in [5, 5.41) is 9.55. The number of para-hydroxylation sites is 5. The second-order valence-electron chi connectivity index (χ2n) is 16.1. The van der Waals surface area contributed by atoms with E-state index in [-0.39, 0.29) is 0 Å². The molecule has 3 heterocycles. The van der Waals surface area contributed by atoms with Gasteiger partial charge in [-0.05, 0) is 108 Å². The molecule has 0 aliphatic heterocycles. The van der Waals surface area contributed by atoms with Gasteiger partial charge < -0.3 is 18.5 Å². The van der Waals surface area contributed by atoms with Crippen molar-refractivity contribution in [1.82, 2.24) is 9.13 Å². The number of rotatable bonds is 6. The Morgan fingerprint density at radius 3 is 1.52 bits per heavy atom. The predicted octanol–water partition coefficient (Wildman–Crippen LogP) is 16.1. The van der Waals surface area contributed by atoms with Crippen LogP contribution in [-0.4, -0.2) is 9.13 Å². The summed E-state index contributed by atoms with van der Waals surface area (Å²) in [7, 11) is 0. The van der Waals surface area contributed by atoms with Crippen LogP contribution >= 0.6 is 0 Å². The van der Waals surface area contributed by atoms with E-state index in [1.54, 1.807) is 0 Å². The Labute approximate surface area is 357 Å². The van der Waals surface area contributed by atoms with Crippen LogP contribution in [0.1, 0.15) is 0 Å². The number of nitrogens with zero attached hydrogens (tertiary/aromatic N) is 3. The maximum absolute atomic E-state index is 6.32. The number of hydrogen-bond donors (Lipinski definition) is 0. The van der Waals surface area contributed by atoms with Gasteiger partial charge in [0.2, 0.25) is 0 Å². The molecule has 3 aromatic heterocycles. The highest BCUT2D eigenvalue weighted by molar-refractivity contribution is 6.13. The van der Waals surface area contributed by atoms with Crippen LogP contribution in [0.15, 0.2) is 229 Å². The molecule has 4 heteroatoms. The van der Waals surface area contributed by atoms with Gasteiger partial charge >= 0.3 is 0 Å². The molecule has 13 rings (SSSR count). The van der Waals surface area contributed by atoms with Gasteiger partial charge in [0, 0.05) is 60.5 Å². The summed E-state index contributed by atoms with van der Waals surface area (Å²) in [4.78, 5) is 2.40. The van der Waals surface area contributed by atoms with Gasteiger partial charge in [0.1, 0.15) is 11.2 Å². The number of hydrogen-bond acceptors (Lipinski definition) is 2. The van der Waals surface area contributed by atoms with Crippen LogP contribution in [-0.2, 0) is 0 Å². The quantitative estimate of drug-likeness (QED) is 0.168. The maximum atomic E-state index is 6.32. The SMILES string of the molecule is c1ccc(-n2c3ccccc3c3ccc(-c4ccc(N(c5ccc(-n6c7ccccc7c7ccccc76)cc5)c5ccc6oc7ccccc7c6c5)c5ccccc45)cc32)cc1. The molecule has 0 fully saturated rings. The molecule has 13 aromatic rings. The van der Waals surface area contributed by atoms with Crippen LogP contribution in [0.5, 0.6) is 0 Å². The smallest absolute Gasteiger partial charge is 0.135 e. The number of furan rings is 1. The third-order valence-electron chi connectivity index (χ3n) is 12.7. The number of fused-ring (bicyclic) bond motifs is 10. The van der Waals surface area contributed by atoms with Crippen molar-refractivity contribution >= 4 is 93.4 Å². The largest absolute Gasteiger partial charge is 0.456 e. The normalized spacial score (nSPS) is 11.9. The first kappa shape index (κ1) is 34.5. The van der Waals surface area contributed by atoms with Crippen molar-refractivity contribution in [3.8, 4) is 22.5 Å². The molecule has 0 bridgehead atoms. The van der Waals surface area contributed by atoms with Crippen LogP contribution in [0.4, 0.5) is 17.1 Å². The van der Waals surface area contributed by atoms with Gasteiger partial charge in [-0.25, -0.2) is 0 Å². The molecule has 0 aliphatic rings. The van der Waals surface area contributed by atoms with E-state index in [0.29, 0.717) is 0 Å². The van der Waals surface area contributed by atoms with Crippen molar-refractivity contribution in [2.24, 2.45) is 0 Å². The lowest BCUT2D eigenvalue weighted by Gasteiger charge is -2.28. The Morgan fingerprint density at radius 2 is 0.823 bits per heavy atom. The van der Waals surface area contributed by atoms with E-state index in [0.717, 1.165) is 55.8 Å². The van der Waals surface area contributed by atoms with Crippen LogP contribution < -0.4 is 4.90 Å². The highest BCUT2D eigenvalue weighted by Crippen LogP contribution is 2.45. The van der Waals surface area contributed by atoms with E-state index in [1.807, 2.05) is 12.1 Å². The van der Waals surface area contributed by atoms with Gasteiger partial charge in [0.25, 0.3) is 0 Å². The lowest BCUT2D eigenvalue weighted by Crippen LogP contribution is -2.11. The summed E-state index contributed by atoms with van der Waals surface area (Å²) in [5.41, 5.74) is 14.4. The average Bonchev–Trinajstić information content (AvgIpc) is 4.00. The summed E-state index contributed by atoms with van der Waals surface area (Å²) in [6, 6.07) is 81.1. The molecule has 0 radical (unpaired) electrons. The van der Waals surface area contributed by atoms with Crippen molar-refractivity contribution in [2.75, 3.05) is 4.90 Å². The predicted molar refractivity (Wildman–Crippen MR) is 260 cm³/mol. The van der Waals surface area contributed by atoms with Crippen LogP contribution in [0.2, 0.25) is 0 Å². The minimum absolute atomic E-state index is 0.875. The second-order valence-corrected chi connectivity index (χ2v) is 16.1. The lowest BCUT2D eigenvalue weighted by molar-refractivity contribution is 0.669. The van der Waals surface area contributed by atoms with Crippen molar-refractivity contribution in [3.63, 3.8) is 0 Å². The molecule has 62 heavy (non-hydrogen) atoms. The molecule has 290 valence electrons. The van der Waals surface area contributed by atoms with Crippen molar-refractivity contribution in [3.05, 3.63) is 224 Å². The fraction of sp³-hybridized carbons (Fsp3) is 0. The molecule has 4 nitrogen and oxygen atoms in total. The Kier molecular flexibility index (Phi) is 7.57. The van der Waals surface area contributed by atoms with Crippen molar-refractivity contribution < 1.29 is 4.42 Å². The molecule has 0 saturated carbocycles. The van der Waals surface area contributed by atoms with E-state index in [2.05, 4.69) is 226 Å². The molecule has 0 amide bonds. The highest BCUT2D eigenvalue weighted by atomic mass is 16.3. The van der Waals surface area contributed by atoms with Gasteiger partial charge in [0.05, 0.1) is 27.8 Å². The highest BCUT2D eigenvalue weighted by Gasteiger charge is 2.21. The number of anilines is 3. The number of benzene rings is 10. The minimum atomic E-state index is 0.875. The van der Waals surface area contributed by atoms with Gasteiger partial charge in [-0.2, -0.15) is 0 Å². The van der Waals surface area contributed by atoms with E-state index in [1.165, 1.54) is 60.1 Å². The Morgan fingerprint density at radius 1 is 0.306 bits per heavy atom. The lowest BCUT2D eigenvalue weighted by atomic mass is 9.95. The first-order valence-corrected chi connectivity index (χ1v) is 21.2. The summed E-state index contributed by atoms with van der Waals surface area (Å²) >= 11 is 0. The molecule has 0 aliphatic carbocycles. The van der Waals surface area contributed by atoms with E-state index < -0.39 is 0 Å². The second kappa shape index (κ2) is 13.6. The summed E-state index contributed by atoms with van der Waals surface area (Å²) in [6.07, 6.45) is 0. The van der Waals surface area contributed by atoms with Crippen molar-refractivity contribution in [2.45, 2.75) is 0 Å². The van der Waals surface area contributed by atoms with Crippen LogP contribution in [0.25, 0.3) is 98.8 Å². The van der Waals surface area contributed by atoms with Crippen LogP contribution in [0.3, 0.4) is 0 Å². The van der Waals surface area contributed by atoms with E-state index in [4.69, 9.17) is 4.42 Å². The monoisotopic (exact) mass is 791 g/mol. The maximum Gasteiger partial charge on any atom is 0.135 e. The summed E-state index contributed by atoms with van der Waals surface area (Å²) in [6.45, 7) is 0. The molecule has 0 saturated heterocycles. The zero-order valence-corrected chi connectivity index (χ0v) is 33.6. The molecular formula is C58H37N3O. The summed E-state index contributed by atoms with van der Waals surface area (Å²) in [5.74, 6) is 0. The Bertz CT molecular complexity index is 3820. The molecule has 0 spiro atoms. The Balaban J connectivity index is 1.01. The fourth-order valence-corrected chi connectivity index (χ4v) is 9.96. The number of aromatic nitrogens is 2. The van der Waals surface area contributed by atoms with Gasteiger partial charge in [-0.1, -0.05) is 133 Å². The Hall–Kier alpha value is -8.34. The molecule has 10 aromatic carbocycles. The van der Waals surface area contributed by atoms with Crippen molar-refractivity contribution in [1.29, 1.82) is 0 Å². The minimum Gasteiger partial charge on any atom is -0.456 e. The molecular weight excluding hydrogens is 755 g/mol. The topological polar surface area (TPSA) is 26.2 Å². The standard InChI is InChI=1S/C58H37N3O/c1-2-14-39(15-3-1)61-54-24-12-8-20-48(54)49-32-26-38(36-56(49)61)43-33-34-55(45-17-5-4-16-44(43)45)59(42-31-35-58-51(37-42)50-21-9-13-25-57(50)62-58)40-27-29-41(30-28-40)60-52-22-10-6-18-46(52)47-19-7-11-23-53(47)60/h1-37H. The van der Waals surface area contributed by atoms with Gasteiger partial charge in [-0.15, -0.1) is 0 Å². The van der Waals surface area contributed by atoms with Gasteiger partial charge in [0.15, 0.2) is 0 Å². The molecule has 0 unspecified atom stereocenters. The third kappa shape index (κ3) is 5.20. The van der Waals surface area contributed by atoms with Crippen LogP contribution in [0, 0.1) is 0 Å². The first-order chi connectivity index (χ1) is 30.8. The zero-order chi connectivity index (χ0) is 40.7. The van der Waals surface area contributed by atoms with E-state index >= 15 is 0 Å².